The second-order valence-corrected chi connectivity index (χ2v) is 4.20. The van der Waals surface area contributed by atoms with E-state index in [4.69, 9.17) is 5.26 Å². The number of hydrogen-bond acceptors (Lipinski definition) is 4. The van der Waals surface area contributed by atoms with Gasteiger partial charge in [0.05, 0.1) is 12.6 Å². The molecule has 0 aliphatic carbocycles. The molecule has 0 bridgehead atoms. The van der Waals surface area contributed by atoms with Crippen LogP contribution in [0.1, 0.15) is 22.0 Å². The molecule has 2 atom stereocenters. The highest BCUT2D eigenvalue weighted by Crippen LogP contribution is 2.26. The van der Waals surface area contributed by atoms with Crippen LogP contribution >= 0.6 is 0 Å². The molecule has 1 heterocycles. The van der Waals surface area contributed by atoms with E-state index in [2.05, 4.69) is 5.32 Å². The number of aliphatic hydroxyl groups excluding tert-OH is 1. The number of carbonyl (C=O) groups excluding carboxylic acids is 2. The molecular formula is C13H13N3O3. The summed E-state index contributed by atoms with van der Waals surface area (Å²) in [5, 5.41) is 21.2. The molecule has 2 N–H and O–H groups in total. The first-order valence-corrected chi connectivity index (χ1v) is 5.79. The Hall–Kier alpha value is -2.39. The minimum absolute atomic E-state index is 0.246. The van der Waals surface area contributed by atoms with Gasteiger partial charge in [0.25, 0.3) is 11.8 Å². The standard InChI is InChI=1S/C13H13N3O3/c1-15-12(18)10-5-3-2-4-9(10)11(17)13(19)16-7-8(16)6-14/h2-5,8,11,17H,7H2,1H3,(H,15,18). The van der Waals surface area contributed by atoms with Crippen LogP contribution in [-0.2, 0) is 4.79 Å². The molecule has 0 radical (unpaired) electrons. The molecule has 1 aromatic carbocycles. The molecule has 2 rings (SSSR count). The summed E-state index contributed by atoms with van der Waals surface area (Å²) in [6.07, 6.45) is -1.42. The van der Waals surface area contributed by atoms with Gasteiger partial charge in [0.15, 0.2) is 6.10 Å². The quantitative estimate of drug-likeness (QED) is 0.736. The first-order valence-electron chi connectivity index (χ1n) is 5.79. The van der Waals surface area contributed by atoms with E-state index in [1.165, 1.54) is 24.1 Å². The maximum atomic E-state index is 11.9. The van der Waals surface area contributed by atoms with Crippen LogP contribution in [0.2, 0.25) is 0 Å². The van der Waals surface area contributed by atoms with Crippen LogP contribution in [0, 0.1) is 11.3 Å². The monoisotopic (exact) mass is 259 g/mol. The zero-order valence-electron chi connectivity index (χ0n) is 10.3. The number of benzene rings is 1. The van der Waals surface area contributed by atoms with Crippen molar-refractivity contribution in [3.05, 3.63) is 35.4 Å². The molecule has 0 spiro atoms. The van der Waals surface area contributed by atoms with E-state index >= 15 is 0 Å². The minimum Gasteiger partial charge on any atom is -0.378 e. The zero-order chi connectivity index (χ0) is 14.0. The van der Waals surface area contributed by atoms with Gasteiger partial charge in [-0.1, -0.05) is 18.2 Å². The summed E-state index contributed by atoms with van der Waals surface area (Å²) in [5.41, 5.74) is 0.497. The summed E-state index contributed by atoms with van der Waals surface area (Å²) in [5.74, 6) is -0.923. The van der Waals surface area contributed by atoms with Crippen LogP contribution in [0.4, 0.5) is 0 Å². The van der Waals surface area contributed by atoms with Gasteiger partial charge in [-0.25, -0.2) is 0 Å². The van der Waals surface area contributed by atoms with Crippen LogP contribution in [-0.4, -0.2) is 41.5 Å². The van der Waals surface area contributed by atoms with Gasteiger partial charge >= 0.3 is 0 Å². The second kappa shape index (κ2) is 5.08. The van der Waals surface area contributed by atoms with E-state index < -0.39 is 18.1 Å². The highest BCUT2D eigenvalue weighted by molar-refractivity contribution is 5.97. The molecule has 1 aliphatic rings. The highest BCUT2D eigenvalue weighted by Gasteiger charge is 2.42. The third kappa shape index (κ3) is 2.41. The van der Waals surface area contributed by atoms with E-state index in [0.29, 0.717) is 6.54 Å². The Morgan fingerprint density at radius 3 is 2.79 bits per heavy atom. The van der Waals surface area contributed by atoms with Crippen LogP contribution in [0.5, 0.6) is 0 Å². The van der Waals surface area contributed by atoms with Crippen molar-refractivity contribution < 1.29 is 14.7 Å². The molecule has 98 valence electrons. The Morgan fingerprint density at radius 2 is 2.21 bits per heavy atom. The van der Waals surface area contributed by atoms with Gasteiger partial charge in [-0.05, 0) is 6.07 Å². The van der Waals surface area contributed by atoms with Gasteiger partial charge in [0.2, 0.25) is 0 Å². The molecule has 19 heavy (non-hydrogen) atoms. The van der Waals surface area contributed by atoms with E-state index in [1.807, 2.05) is 6.07 Å². The molecule has 1 aliphatic heterocycles. The van der Waals surface area contributed by atoms with Crippen molar-refractivity contribution in [1.29, 1.82) is 5.26 Å². The molecule has 2 amide bonds. The molecule has 6 heteroatoms. The second-order valence-electron chi connectivity index (χ2n) is 4.20. The van der Waals surface area contributed by atoms with E-state index in [1.54, 1.807) is 12.1 Å². The van der Waals surface area contributed by atoms with E-state index in [9.17, 15) is 14.7 Å². The molecule has 1 saturated heterocycles. The summed E-state index contributed by atoms with van der Waals surface area (Å²) in [4.78, 5) is 24.9. The predicted molar refractivity (Wildman–Crippen MR) is 65.9 cm³/mol. The van der Waals surface area contributed by atoms with Gasteiger partial charge in [0, 0.05) is 18.2 Å². The molecular weight excluding hydrogens is 246 g/mol. The largest absolute Gasteiger partial charge is 0.378 e. The summed E-state index contributed by atoms with van der Waals surface area (Å²) < 4.78 is 0. The van der Waals surface area contributed by atoms with E-state index in [-0.39, 0.29) is 17.0 Å². The van der Waals surface area contributed by atoms with Crippen molar-refractivity contribution in [1.82, 2.24) is 10.2 Å². The number of rotatable bonds is 3. The van der Waals surface area contributed by atoms with Crippen LogP contribution in [0.25, 0.3) is 0 Å². The van der Waals surface area contributed by atoms with Crippen molar-refractivity contribution in [3.63, 3.8) is 0 Å². The zero-order valence-corrected chi connectivity index (χ0v) is 10.3. The lowest BCUT2D eigenvalue weighted by Crippen LogP contribution is -2.26. The topological polar surface area (TPSA) is 93.2 Å². The molecule has 0 saturated carbocycles. The Balaban J connectivity index is 2.25. The van der Waals surface area contributed by atoms with Crippen molar-refractivity contribution in [2.75, 3.05) is 13.6 Å². The SMILES string of the molecule is CNC(=O)c1ccccc1C(O)C(=O)N1CC1C#N. The first kappa shape index (κ1) is 13.1. The molecule has 1 fully saturated rings. The first-order chi connectivity index (χ1) is 9.10. The lowest BCUT2D eigenvalue weighted by molar-refractivity contribution is -0.135. The van der Waals surface area contributed by atoms with Gasteiger partial charge in [-0.3, -0.25) is 9.59 Å². The fraction of sp³-hybridized carbons (Fsp3) is 0.308. The third-order valence-electron chi connectivity index (χ3n) is 3.01. The number of amides is 2. The Labute approximate surface area is 110 Å². The number of nitrogens with one attached hydrogen (secondary N) is 1. The van der Waals surface area contributed by atoms with Gasteiger partial charge in [0.1, 0.15) is 6.04 Å². The minimum atomic E-state index is -1.42. The number of aliphatic hydroxyl groups is 1. The number of nitrogens with zero attached hydrogens (tertiary/aromatic N) is 2. The number of hydrogen-bond donors (Lipinski definition) is 2. The number of nitriles is 1. The Bertz CT molecular complexity index is 564. The van der Waals surface area contributed by atoms with Crippen molar-refractivity contribution >= 4 is 11.8 Å². The molecule has 0 aromatic heterocycles. The van der Waals surface area contributed by atoms with Crippen molar-refractivity contribution in [2.45, 2.75) is 12.1 Å². The summed E-state index contributed by atoms with van der Waals surface area (Å²) in [6, 6.07) is 7.83. The van der Waals surface area contributed by atoms with E-state index in [0.717, 1.165) is 0 Å². The normalized spacial score (nSPS) is 18.4. The van der Waals surface area contributed by atoms with Gasteiger partial charge in [-0.2, -0.15) is 5.26 Å². The van der Waals surface area contributed by atoms with Crippen LogP contribution in [0.15, 0.2) is 24.3 Å². The Kier molecular flexibility index (Phi) is 3.49. The average molecular weight is 259 g/mol. The average Bonchev–Trinajstić information content (AvgIpc) is 3.24. The summed E-state index contributed by atoms with van der Waals surface area (Å²) in [6.45, 7) is 0.328. The third-order valence-corrected chi connectivity index (χ3v) is 3.01. The molecule has 1 aromatic rings. The van der Waals surface area contributed by atoms with Gasteiger partial charge < -0.3 is 15.3 Å². The maximum Gasteiger partial charge on any atom is 0.257 e. The van der Waals surface area contributed by atoms with Crippen LogP contribution < -0.4 is 5.32 Å². The number of carbonyl (C=O) groups is 2. The summed E-state index contributed by atoms with van der Waals surface area (Å²) >= 11 is 0. The van der Waals surface area contributed by atoms with Crippen molar-refractivity contribution in [3.8, 4) is 6.07 Å². The summed E-state index contributed by atoms with van der Waals surface area (Å²) in [7, 11) is 1.48. The van der Waals surface area contributed by atoms with Gasteiger partial charge in [-0.15, -0.1) is 0 Å². The fourth-order valence-corrected chi connectivity index (χ4v) is 1.86. The molecule has 2 unspecified atom stereocenters. The lowest BCUT2D eigenvalue weighted by Gasteiger charge is -2.14. The Morgan fingerprint density at radius 1 is 1.53 bits per heavy atom. The van der Waals surface area contributed by atoms with Crippen LogP contribution in [0.3, 0.4) is 0 Å². The maximum absolute atomic E-state index is 11.9. The highest BCUT2D eigenvalue weighted by atomic mass is 16.3. The predicted octanol–water partition coefficient (Wildman–Crippen LogP) is -0.186. The fourth-order valence-electron chi connectivity index (χ4n) is 1.86. The van der Waals surface area contributed by atoms with Crippen molar-refractivity contribution in [2.24, 2.45) is 0 Å². The smallest absolute Gasteiger partial charge is 0.257 e. The molecule has 6 nitrogen and oxygen atoms in total. The lowest BCUT2D eigenvalue weighted by atomic mass is 10.0.